The summed E-state index contributed by atoms with van der Waals surface area (Å²) >= 11 is 0. The second-order valence-electron chi connectivity index (χ2n) is 5.58. The Morgan fingerprint density at radius 1 is 1.13 bits per heavy atom. The molecule has 0 saturated heterocycles. The van der Waals surface area contributed by atoms with Crippen LogP contribution in [0, 0.1) is 0 Å². The molecule has 0 rings (SSSR count). The Bertz CT molecular complexity index is 240. The van der Waals surface area contributed by atoms with Crippen molar-refractivity contribution in [2.75, 3.05) is 13.4 Å². The molecule has 1 atom stereocenters. The second-order valence-corrected chi connectivity index (χ2v) is 7.67. The van der Waals surface area contributed by atoms with Crippen molar-refractivity contribution in [3.05, 3.63) is 0 Å². The minimum Gasteiger partial charge on any atom is -0.311 e. The molecule has 1 unspecified atom stereocenters. The molecule has 0 aromatic rings. The number of hydrogen-bond donors (Lipinski definition) is 1. The SMILES string of the molecule is COP(=O)(CNC(C)(C)C)OC(C)(C)C. The van der Waals surface area contributed by atoms with E-state index in [9.17, 15) is 4.57 Å². The van der Waals surface area contributed by atoms with Gasteiger partial charge in [-0.3, -0.25) is 4.57 Å². The van der Waals surface area contributed by atoms with E-state index in [4.69, 9.17) is 9.05 Å². The fourth-order valence-electron chi connectivity index (χ4n) is 0.885. The van der Waals surface area contributed by atoms with E-state index in [0.29, 0.717) is 0 Å². The molecule has 0 aromatic carbocycles. The van der Waals surface area contributed by atoms with Gasteiger partial charge >= 0.3 is 7.60 Å². The first-order chi connectivity index (χ1) is 6.47. The molecular weight excluding hydrogens is 213 g/mol. The molecule has 0 bridgehead atoms. The Balaban J connectivity index is 4.40. The molecule has 0 aliphatic carbocycles. The van der Waals surface area contributed by atoms with Crippen LogP contribution in [0.1, 0.15) is 41.5 Å². The summed E-state index contributed by atoms with van der Waals surface area (Å²) in [7, 11) is -1.62. The number of rotatable bonds is 4. The number of hydrogen-bond acceptors (Lipinski definition) is 4. The lowest BCUT2D eigenvalue weighted by Crippen LogP contribution is -2.37. The molecule has 0 fully saturated rings. The Morgan fingerprint density at radius 3 is 1.87 bits per heavy atom. The maximum absolute atomic E-state index is 12.1. The third kappa shape index (κ3) is 7.97. The molecule has 0 amide bonds. The predicted octanol–water partition coefficient (Wildman–Crippen LogP) is 2.99. The van der Waals surface area contributed by atoms with Gasteiger partial charge in [0.05, 0.1) is 11.9 Å². The van der Waals surface area contributed by atoms with E-state index in [1.54, 1.807) is 0 Å². The highest BCUT2D eigenvalue weighted by Crippen LogP contribution is 2.49. The second kappa shape index (κ2) is 4.96. The highest BCUT2D eigenvalue weighted by Gasteiger charge is 2.30. The third-order valence-electron chi connectivity index (χ3n) is 1.49. The van der Waals surface area contributed by atoms with Gasteiger partial charge in [0, 0.05) is 12.6 Å². The standard InChI is InChI=1S/C10H24NO3P/c1-9(2,3)11-8-15(12,13-7)14-10(4,5)6/h11H,8H2,1-7H3. The molecule has 0 saturated carbocycles. The Labute approximate surface area is 93.3 Å². The van der Waals surface area contributed by atoms with Gasteiger partial charge in [0.1, 0.15) is 0 Å². The lowest BCUT2D eigenvalue weighted by molar-refractivity contribution is 0.101. The van der Waals surface area contributed by atoms with Gasteiger partial charge in [-0.15, -0.1) is 0 Å². The first-order valence-corrected chi connectivity index (χ1v) is 6.81. The molecule has 1 N–H and O–H groups in total. The van der Waals surface area contributed by atoms with Gasteiger partial charge in [-0.25, -0.2) is 0 Å². The van der Waals surface area contributed by atoms with Crippen LogP contribution in [0.25, 0.3) is 0 Å². The summed E-state index contributed by atoms with van der Waals surface area (Å²) in [6.45, 7) is 11.6. The largest absolute Gasteiger partial charge is 0.344 e. The lowest BCUT2D eigenvalue weighted by atomic mass is 10.1. The molecule has 0 spiro atoms. The minimum atomic E-state index is -3.03. The highest BCUT2D eigenvalue weighted by molar-refractivity contribution is 7.53. The molecule has 0 aromatic heterocycles. The van der Waals surface area contributed by atoms with Crippen LogP contribution in [0.5, 0.6) is 0 Å². The lowest BCUT2D eigenvalue weighted by Gasteiger charge is -2.29. The van der Waals surface area contributed by atoms with Gasteiger partial charge in [0.25, 0.3) is 0 Å². The summed E-state index contributed by atoms with van der Waals surface area (Å²) in [5.74, 6) is 0. The smallest absolute Gasteiger partial charge is 0.311 e. The zero-order valence-electron chi connectivity index (χ0n) is 10.9. The molecule has 92 valence electrons. The molecule has 15 heavy (non-hydrogen) atoms. The van der Waals surface area contributed by atoms with E-state index < -0.39 is 13.2 Å². The van der Waals surface area contributed by atoms with Gasteiger partial charge in [-0.05, 0) is 41.5 Å². The van der Waals surface area contributed by atoms with Crippen LogP contribution in [0.3, 0.4) is 0 Å². The zero-order valence-corrected chi connectivity index (χ0v) is 11.8. The van der Waals surface area contributed by atoms with Crippen molar-refractivity contribution in [2.45, 2.75) is 52.7 Å². The first-order valence-electron chi connectivity index (χ1n) is 5.08. The van der Waals surface area contributed by atoms with Crippen molar-refractivity contribution in [1.82, 2.24) is 5.32 Å². The van der Waals surface area contributed by atoms with Crippen molar-refractivity contribution in [2.24, 2.45) is 0 Å². The first kappa shape index (κ1) is 15.1. The van der Waals surface area contributed by atoms with E-state index in [2.05, 4.69) is 5.32 Å². The van der Waals surface area contributed by atoms with E-state index >= 15 is 0 Å². The van der Waals surface area contributed by atoms with Crippen LogP contribution in [0.4, 0.5) is 0 Å². The Morgan fingerprint density at radius 2 is 1.60 bits per heavy atom. The summed E-state index contributed by atoms with van der Waals surface area (Å²) in [5.41, 5.74) is -0.569. The van der Waals surface area contributed by atoms with E-state index in [-0.39, 0.29) is 11.8 Å². The molecule has 0 heterocycles. The highest BCUT2D eigenvalue weighted by atomic mass is 31.2. The van der Waals surface area contributed by atoms with Crippen LogP contribution in [-0.4, -0.2) is 24.5 Å². The van der Waals surface area contributed by atoms with Gasteiger partial charge in [-0.2, -0.15) is 0 Å². The molecule has 5 heteroatoms. The van der Waals surface area contributed by atoms with Crippen LogP contribution < -0.4 is 5.32 Å². The molecule has 0 aliphatic rings. The average molecular weight is 237 g/mol. The van der Waals surface area contributed by atoms with Crippen LogP contribution in [-0.2, 0) is 13.6 Å². The van der Waals surface area contributed by atoms with Crippen molar-refractivity contribution < 1.29 is 13.6 Å². The topological polar surface area (TPSA) is 47.6 Å². The fourth-order valence-corrected chi connectivity index (χ4v) is 2.66. The van der Waals surface area contributed by atoms with Crippen LogP contribution in [0.2, 0.25) is 0 Å². The average Bonchev–Trinajstić information content (AvgIpc) is 1.97. The number of nitrogens with one attached hydrogen (secondary N) is 1. The normalized spacial score (nSPS) is 17.5. The van der Waals surface area contributed by atoms with Crippen molar-refractivity contribution in [3.8, 4) is 0 Å². The maximum Gasteiger partial charge on any atom is 0.344 e. The van der Waals surface area contributed by atoms with Crippen molar-refractivity contribution in [3.63, 3.8) is 0 Å². The quantitative estimate of drug-likeness (QED) is 0.763. The molecular formula is C10H24NO3P. The summed E-state index contributed by atoms with van der Waals surface area (Å²) in [4.78, 5) is 0. The van der Waals surface area contributed by atoms with Gasteiger partial charge in [0.15, 0.2) is 0 Å². The summed E-state index contributed by atoms with van der Waals surface area (Å²) in [5, 5.41) is 3.12. The zero-order chi connectivity index (χ0) is 12.3. The van der Waals surface area contributed by atoms with E-state index in [1.165, 1.54) is 7.11 Å². The minimum absolute atomic E-state index is 0.102. The van der Waals surface area contributed by atoms with Crippen molar-refractivity contribution in [1.29, 1.82) is 0 Å². The van der Waals surface area contributed by atoms with Crippen LogP contribution in [0.15, 0.2) is 0 Å². The monoisotopic (exact) mass is 237 g/mol. The predicted molar refractivity (Wildman–Crippen MR) is 63.2 cm³/mol. The van der Waals surface area contributed by atoms with Crippen LogP contribution >= 0.6 is 7.60 Å². The van der Waals surface area contributed by atoms with Crippen molar-refractivity contribution >= 4 is 7.60 Å². The van der Waals surface area contributed by atoms with Gasteiger partial charge < -0.3 is 14.4 Å². The summed E-state index contributed by atoms with van der Waals surface area (Å²) in [6, 6.07) is 0. The Kier molecular flexibility index (Phi) is 5.00. The van der Waals surface area contributed by atoms with Gasteiger partial charge in [-0.1, -0.05) is 0 Å². The summed E-state index contributed by atoms with van der Waals surface area (Å²) in [6.07, 6.45) is 0.226. The maximum atomic E-state index is 12.1. The summed E-state index contributed by atoms with van der Waals surface area (Å²) < 4.78 is 22.6. The molecule has 0 radical (unpaired) electrons. The van der Waals surface area contributed by atoms with E-state index in [0.717, 1.165) is 0 Å². The van der Waals surface area contributed by atoms with Gasteiger partial charge in [0.2, 0.25) is 0 Å². The fraction of sp³-hybridized carbons (Fsp3) is 1.00. The molecule has 0 aliphatic heterocycles. The molecule has 4 nitrogen and oxygen atoms in total. The van der Waals surface area contributed by atoms with E-state index in [1.807, 2.05) is 41.5 Å². The Hall–Kier alpha value is 0.110. The third-order valence-corrected chi connectivity index (χ3v) is 3.42.